The minimum atomic E-state index is 0.309. The molecule has 2 heteroatoms. The molecule has 64 valence electrons. The van der Waals surface area contributed by atoms with Crippen LogP contribution in [0.1, 0.15) is 25.7 Å². The van der Waals surface area contributed by atoms with Crippen molar-refractivity contribution in [1.29, 1.82) is 0 Å². The lowest BCUT2D eigenvalue weighted by Gasteiger charge is -2.23. The highest BCUT2D eigenvalue weighted by molar-refractivity contribution is 5.07. The van der Waals surface area contributed by atoms with Crippen LogP contribution in [-0.4, -0.2) is 20.3 Å². The standard InChI is InChI=1S/C9H16O2/c1-10-7-8-5-3-4-6-9(8)11-2/h7,9H,3-6H2,1-2H3/b8-7-. The van der Waals surface area contributed by atoms with Gasteiger partial charge >= 0.3 is 0 Å². The molecule has 0 saturated heterocycles. The highest BCUT2D eigenvalue weighted by Crippen LogP contribution is 2.25. The van der Waals surface area contributed by atoms with Crippen LogP contribution in [0.5, 0.6) is 0 Å². The summed E-state index contributed by atoms with van der Waals surface area (Å²) >= 11 is 0. The van der Waals surface area contributed by atoms with Crippen LogP contribution < -0.4 is 0 Å². The quantitative estimate of drug-likeness (QED) is 0.570. The van der Waals surface area contributed by atoms with Crippen molar-refractivity contribution in [3.05, 3.63) is 11.8 Å². The van der Waals surface area contributed by atoms with Gasteiger partial charge in [0, 0.05) is 7.11 Å². The van der Waals surface area contributed by atoms with Gasteiger partial charge in [-0.2, -0.15) is 0 Å². The summed E-state index contributed by atoms with van der Waals surface area (Å²) in [5, 5.41) is 0. The molecule has 2 nitrogen and oxygen atoms in total. The van der Waals surface area contributed by atoms with Crippen LogP contribution in [0.2, 0.25) is 0 Å². The van der Waals surface area contributed by atoms with Gasteiger partial charge in [0.15, 0.2) is 0 Å². The molecule has 1 fully saturated rings. The molecular weight excluding hydrogens is 140 g/mol. The van der Waals surface area contributed by atoms with E-state index in [-0.39, 0.29) is 0 Å². The van der Waals surface area contributed by atoms with Crippen molar-refractivity contribution in [1.82, 2.24) is 0 Å². The van der Waals surface area contributed by atoms with E-state index < -0.39 is 0 Å². The third-order valence-corrected chi connectivity index (χ3v) is 2.15. The Balaban J connectivity index is 2.51. The molecule has 0 radical (unpaired) electrons. The third kappa shape index (κ3) is 2.22. The van der Waals surface area contributed by atoms with Gasteiger partial charge in [0.25, 0.3) is 0 Å². The maximum absolute atomic E-state index is 5.31. The van der Waals surface area contributed by atoms with Gasteiger partial charge < -0.3 is 9.47 Å². The molecule has 0 spiro atoms. The second-order valence-electron chi connectivity index (χ2n) is 2.90. The van der Waals surface area contributed by atoms with E-state index in [0.717, 1.165) is 12.8 Å². The van der Waals surface area contributed by atoms with Gasteiger partial charge in [-0.05, 0) is 24.8 Å². The van der Waals surface area contributed by atoms with Crippen molar-refractivity contribution in [2.45, 2.75) is 31.8 Å². The molecule has 0 bridgehead atoms. The molecule has 1 rings (SSSR count). The summed E-state index contributed by atoms with van der Waals surface area (Å²) in [4.78, 5) is 0. The second-order valence-corrected chi connectivity index (χ2v) is 2.90. The Labute approximate surface area is 68.2 Å². The second kappa shape index (κ2) is 4.39. The molecule has 1 unspecified atom stereocenters. The van der Waals surface area contributed by atoms with E-state index in [1.54, 1.807) is 14.2 Å². The Bertz CT molecular complexity index is 140. The fourth-order valence-corrected chi connectivity index (χ4v) is 1.56. The van der Waals surface area contributed by atoms with Crippen molar-refractivity contribution < 1.29 is 9.47 Å². The summed E-state index contributed by atoms with van der Waals surface area (Å²) in [6.07, 6.45) is 6.96. The maximum Gasteiger partial charge on any atom is 0.0842 e. The SMILES string of the molecule is CO/C=C1/CCCCC1OC. The predicted molar refractivity (Wildman–Crippen MR) is 44.4 cm³/mol. The molecule has 0 heterocycles. The summed E-state index contributed by atoms with van der Waals surface area (Å²) in [6.45, 7) is 0. The van der Waals surface area contributed by atoms with E-state index in [9.17, 15) is 0 Å². The first-order valence-electron chi connectivity index (χ1n) is 4.13. The predicted octanol–water partition coefficient (Wildman–Crippen LogP) is 2.11. The summed E-state index contributed by atoms with van der Waals surface area (Å²) < 4.78 is 10.3. The Morgan fingerprint density at radius 1 is 1.36 bits per heavy atom. The van der Waals surface area contributed by atoms with Crippen LogP contribution in [0.4, 0.5) is 0 Å². The van der Waals surface area contributed by atoms with Crippen LogP contribution in [0.15, 0.2) is 11.8 Å². The highest BCUT2D eigenvalue weighted by Gasteiger charge is 2.17. The number of hydrogen-bond acceptors (Lipinski definition) is 2. The molecule has 0 aromatic rings. The Kier molecular flexibility index (Phi) is 3.43. The third-order valence-electron chi connectivity index (χ3n) is 2.15. The first-order valence-corrected chi connectivity index (χ1v) is 4.13. The molecule has 0 aromatic carbocycles. The lowest BCUT2D eigenvalue weighted by Crippen LogP contribution is -2.18. The largest absolute Gasteiger partial charge is 0.504 e. The smallest absolute Gasteiger partial charge is 0.0842 e. The fourth-order valence-electron chi connectivity index (χ4n) is 1.56. The van der Waals surface area contributed by atoms with Crippen LogP contribution in [0.3, 0.4) is 0 Å². The van der Waals surface area contributed by atoms with E-state index in [2.05, 4.69) is 0 Å². The van der Waals surface area contributed by atoms with Gasteiger partial charge in [-0.15, -0.1) is 0 Å². The molecule has 0 amide bonds. The summed E-state index contributed by atoms with van der Waals surface area (Å²) in [6, 6.07) is 0. The summed E-state index contributed by atoms with van der Waals surface area (Å²) in [5.74, 6) is 0. The maximum atomic E-state index is 5.31. The molecular formula is C9H16O2. The molecule has 1 aliphatic carbocycles. The van der Waals surface area contributed by atoms with E-state index in [1.165, 1.54) is 18.4 Å². The first kappa shape index (κ1) is 8.60. The van der Waals surface area contributed by atoms with Gasteiger partial charge in [0.1, 0.15) is 0 Å². The zero-order valence-electron chi connectivity index (χ0n) is 7.30. The molecule has 1 atom stereocenters. The average molecular weight is 156 g/mol. The minimum Gasteiger partial charge on any atom is -0.504 e. The lowest BCUT2D eigenvalue weighted by molar-refractivity contribution is 0.105. The molecule has 11 heavy (non-hydrogen) atoms. The minimum absolute atomic E-state index is 0.309. The molecule has 1 aliphatic rings. The normalized spacial score (nSPS) is 28.9. The Morgan fingerprint density at radius 2 is 2.18 bits per heavy atom. The molecule has 0 aliphatic heterocycles. The lowest BCUT2D eigenvalue weighted by atomic mass is 9.93. The highest BCUT2D eigenvalue weighted by atomic mass is 16.5. The van der Waals surface area contributed by atoms with E-state index in [0.29, 0.717) is 6.10 Å². The van der Waals surface area contributed by atoms with Crippen molar-refractivity contribution in [2.75, 3.05) is 14.2 Å². The zero-order chi connectivity index (χ0) is 8.10. The average Bonchev–Trinajstić information content (AvgIpc) is 2.06. The first-order chi connectivity index (χ1) is 5.38. The number of hydrogen-bond donors (Lipinski definition) is 0. The number of rotatable bonds is 2. The number of ether oxygens (including phenoxy) is 2. The fraction of sp³-hybridized carbons (Fsp3) is 0.778. The Morgan fingerprint density at radius 3 is 2.82 bits per heavy atom. The van der Waals surface area contributed by atoms with Crippen LogP contribution in [0.25, 0.3) is 0 Å². The topological polar surface area (TPSA) is 18.5 Å². The zero-order valence-corrected chi connectivity index (χ0v) is 7.30. The monoisotopic (exact) mass is 156 g/mol. The van der Waals surface area contributed by atoms with Crippen LogP contribution in [-0.2, 0) is 9.47 Å². The summed E-state index contributed by atoms with van der Waals surface area (Å²) in [5.41, 5.74) is 1.31. The van der Waals surface area contributed by atoms with Crippen molar-refractivity contribution in [3.63, 3.8) is 0 Å². The molecule has 0 N–H and O–H groups in total. The van der Waals surface area contributed by atoms with Gasteiger partial charge in [0.05, 0.1) is 19.5 Å². The molecule has 0 aromatic heterocycles. The van der Waals surface area contributed by atoms with E-state index >= 15 is 0 Å². The van der Waals surface area contributed by atoms with Crippen LogP contribution >= 0.6 is 0 Å². The summed E-state index contributed by atoms with van der Waals surface area (Å²) in [7, 11) is 3.45. The van der Waals surface area contributed by atoms with Crippen molar-refractivity contribution in [3.8, 4) is 0 Å². The molecule has 1 saturated carbocycles. The Hall–Kier alpha value is -0.500. The van der Waals surface area contributed by atoms with Gasteiger partial charge in [-0.3, -0.25) is 0 Å². The van der Waals surface area contributed by atoms with Gasteiger partial charge in [-0.1, -0.05) is 6.42 Å². The van der Waals surface area contributed by atoms with Crippen molar-refractivity contribution >= 4 is 0 Å². The van der Waals surface area contributed by atoms with E-state index in [1.807, 2.05) is 6.26 Å². The number of methoxy groups -OCH3 is 2. The van der Waals surface area contributed by atoms with Gasteiger partial charge in [-0.25, -0.2) is 0 Å². The van der Waals surface area contributed by atoms with Crippen LogP contribution in [0, 0.1) is 0 Å². The van der Waals surface area contributed by atoms with E-state index in [4.69, 9.17) is 9.47 Å². The van der Waals surface area contributed by atoms with Crippen molar-refractivity contribution in [2.24, 2.45) is 0 Å². The van der Waals surface area contributed by atoms with Gasteiger partial charge in [0.2, 0.25) is 0 Å².